The fraction of sp³-hybridized carbons (Fsp3) is 0.189. The lowest BCUT2D eigenvalue weighted by atomic mass is 10.1. The second kappa shape index (κ2) is 14.3. The Morgan fingerprint density at radius 1 is 0.826 bits per heavy atom. The number of carbonyl (C=O) groups excluding carboxylic acids is 3. The average Bonchev–Trinajstić information content (AvgIpc) is 3.41. The van der Waals surface area contributed by atoms with Gasteiger partial charge in [0.1, 0.15) is 18.1 Å². The zero-order chi connectivity index (χ0) is 31.9. The van der Waals surface area contributed by atoms with E-state index in [1.807, 2.05) is 114 Å². The van der Waals surface area contributed by atoms with Gasteiger partial charge in [0.25, 0.3) is 5.91 Å². The molecule has 1 saturated heterocycles. The molecule has 0 radical (unpaired) electrons. The van der Waals surface area contributed by atoms with Crippen molar-refractivity contribution in [2.75, 3.05) is 41.7 Å². The number of ketones is 1. The number of Topliss-reactive ketones (excluding diaryl/α,β-unsaturated/α-hetero) is 1. The van der Waals surface area contributed by atoms with E-state index in [-0.39, 0.29) is 23.4 Å². The summed E-state index contributed by atoms with van der Waals surface area (Å²) >= 11 is 1.27. The maximum atomic E-state index is 13.7. The molecule has 0 bridgehead atoms. The smallest absolute Gasteiger partial charge is 0.283 e. The molecule has 9 heteroatoms. The van der Waals surface area contributed by atoms with Crippen molar-refractivity contribution < 1.29 is 19.1 Å². The summed E-state index contributed by atoms with van der Waals surface area (Å²) in [5, 5.41) is 0.469. The highest BCUT2D eigenvalue weighted by Crippen LogP contribution is 2.30. The van der Waals surface area contributed by atoms with Crippen LogP contribution in [0.25, 0.3) is 6.08 Å². The summed E-state index contributed by atoms with van der Waals surface area (Å²) in [5.41, 5.74) is 4.58. The molecule has 232 valence electrons. The van der Waals surface area contributed by atoms with Gasteiger partial charge in [-0.2, -0.15) is 0 Å². The Labute approximate surface area is 273 Å². The predicted molar refractivity (Wildman–Crippen MR) is 184 cm³/mol. The first kappa shape index (κ1) is 30.9. The Kier molecular flexibility index (Phi) is 9.59. The number of ether oxygens (including phenoxy) is 1. The van der Waals surface area contributed by atoms with Crippen LogP contribution in [0.15, 0.2) is 120 Å². The molecule has 2 amide bonds. The number of rotatable bonds is 9. The van der Waals surface area contributed by atoms with E-state index in [2.05, 4.69) is 4.90 Å². The van der Waals surface area contributed by atoms with E-state index in [1.54, 1.807) is 17.9 Å². The molecule has 2 aliphatic heterocycles. The van der Waals surface area contributed by atoms with Crippen LogP contribution in [-0.2, 0) is 16.2 Å². The predicted octanol–water partition coefficient (Wildman–Crippen LogP) is 6.29. The lowest BCUT2D eigenvalue weighted by Gasteiger charge is -2.36. The van der Waals surface area contributed by atoms with E-state index in [9.17, 15) is 14.4 Å². The van der Waals surface area contributed by atoms with Crippen molar-refractivity contribution in [3.63, 3.8) is 0 Å². The van der Waals surface area contributed by atoms with E-state index in [4.69, 9.17) is 9.73 Å². The number of anilines is 2. The third kappa shape index (κ3) is 7.38. The Morgan fingerprint density at radius 3 is 2.22 bits per heavy atom. The number of benzene rings is 4. The first-order valence-electron chi connectivity index (χ1n) is 15.2. The van der Waals surface area contributed by atoms with E-state index in [0.29, 0.717) is 60.7 Å². The number of thioether (sulfide) groups is 1. The summed E-state index contributed by atoms with van der Waals surface area (Å²) in [7, 11) is 0. The molecule has 0 unspecified atom stereocenters. The van der Waals surface area contributed by atoms with Gasteiger partial charge in [0.15, 0.2) is 11.0 Å². The second-order valence-electron chi connectivity index (χ2n) is 11.0. The number of para-hydroxylation sites is 1. The highest BCUT2D eigenvalue weighted by atomic mass is 32.2. The number of aliphatic imine (C=N–C) groups is 1. The molecular weight excluding hydrogens is 596 g/mol. The first-order valence-corrected chi connectivity index (χ1v) is 16.2. The van der Waals surface area contributed by atoms with Crippen molar-refractivity contribution in [3.8, 4) is 5.75 Å². The van der Waals surface area contributed by atoms with Crippen LogP contribution in [0, 0.1) is 0 Å². The number of piperazine rings is 1. The van der Waals surface area contributed by atoms with Crippen LogP contribution in [-0.4, -0.2) is 59.6 Å². The number of nitrogens with zero attached hydrogens (tertiary/aromatic N) is 4. The maximum absolute atomic E-state index is 13.7. The van der Waals surface area contributed by atoms with Crippen LogP contribution >= 0.6 is 11.8 Å². The summed E-state index contributed by atoms with van der Waals surface area (Å²) in [6.07, 6.45) is 1.76. The molecule has 6 rings (SSSR count). The van der Waals surface area contributed by atoms with Crippen LogP contribution < -0.4 is 14.5 Å². The minimum atomic E-state index is -0.249. The molecule has 0 aromatic heterocycles. The number of carbonyl (C=O) groups is 3. The molecule has 0 aliphatic carbocycles. The Bertz CT molecular complexity index is 1770. The summed E-state index contributed by atoms with van der Waals surface area (Å²) in [4.78, 5) is 48.9. The standard InChI is InChI=1S/C37H34N4O4S/c1-27(42)30-15-17-31(18-16-30)39-19-21-40(22-20-39)35(43)26-46-37-38-34(36(44)41(37)32-12-6-3-7-13-32)24-29-11-8-14-33(23-29)45-25-28-9-4-2-5-10-28/h2-18,23-24H,19-22,25-26H2,1H3/b34-24+. The Morgan fingerprint density at radius 2 is 1.52 bits per heavy atom. The largest absolute Gasteiger partial charge is 0.489 e. The number of hydrogen-bond acceptors (Lipinski definition) is 7. The normalized spacial score (nSPS) is 15.7. The van der Waals surface area contributed by atoms with Crippen molar-refractivity contribution >= 4 is 52.0 Å². The topological polar surface area (TPSA) is 82.5 Å². The van der Waals surface area contributed by atoms with Gasteiger partial charge in [0, 0.05) is 37.4 Å². The van der Waals surface area contributed by atoms with Gasteiger partial charge in [-0.25, -0.2) is 4.99 Å². The molecule has 0 spiro atoms. The molecule has 0 saturated carbocycles. The van der Waals surface area contributed by atoms with Gasteiger partial charge in [-0.05, 0) is 72.7 Å². The van der Waals surface area contributed by atoms with Crippen LogP contribution in [0.4, 0.5) is 11.4 Å². The SMILES string of the molecule is CC(=O)c1ccc(N2CCN(C(=O)CSC3=N/C(=C/c4cccc(OCc5ccccc5)c4)C(=O)N3c3ccccc3)CC2)cc1. The van der Waals surface area contributed by atoms with Gasteiger partial charge < -0.3 is 14.5 Å². The number of amidine groups is 1. The maximum Gasteiger partial charge on any atom is 0.283 e. The summed E-state index contributed by atoms with van der Waals surface area (Å²) < 4.78 is 5.98. The van der Waals surface area contributed by atoms with Crippen molar-refractivity contribution in [2.24, 2.45) is 4.99 Å². The van der Waals surface area contributed by atoms with E-state index in [0.717, 1.165) is 16.8 Å². The third-order valence-corrected chi connectivity index (χ3v) is 8.77. The van der Waals surface area contributed by atoms with Gasteiger partial charge >= 0.3 is 0 Å². The molecule has 8 nitrogen and oxygen atoms in total. The first-order chi connectivity index (χ1) is 22.4. The second-order valence-corrected chi connectivity index (χ2v) is 11.9. The fourth-order valence-electron chi connectivity index (χ4n) is 5.33. The van der Waals surface area contributed by atoms with Crippen LogP contribution in [0.1, 0.15) is 28.4 Å². The van der Waals surface area contributed by atoms with Crippen LogP contribution in [0.5, 0.6) is 5.75 Å². The quantitative estimate of drug-likeness (QED) is 0.160. The molecule has 0 N–H and O–H groups in total. The highest BCUT2D eigenvalue weighted by Gasteiger charge is 2.33. The molecular formula is C37H34N4O4S. The van der Waals surface area contributed by atoms with Gasteiger partial charge in [-0.3, -0.25) is 19.3 Å². The zero-order valence-corrected chi connectivity index (χ0v) is 26.4. The van der Waals surface area contributed by atoms with Crippen molar-refractivity contribution in [2.45, 2.75) is 13.5 Å². The highest BCUT2D eigenvalue weighted by molar-refractivity contribution is 8.14. The third-order valence-electron chi connectivity index (χ3n) is 7.85. The minimum absolute atomic E-state index is 0.000402. The average molecular weight is 631 g/mol. The number of amides is 2. The minimum Gasteiger partial charge on any atom is -0.489 e. The molecule has 46 heavy (non-hydrogen) atoms. The summed E-state index contributed by atoms with van der Waals surface area (Å²) in [6.45, 7) is 4.59. The lowest BCUT2D eigenvalue weighted by molar-refractivity contribution is -0.128. The summed E-state index contributed by atoms with van der Waals surface area (Å²) in [5.74, 6) is 0.654. The number of hydrogen-bond donors (Lipinski definition) is 0. The summed E-state index contributed by atoms with van der Waals surface area (Å²) in [6, 6.07) is 34.5. The van der Waals surface area contributed by atoms with Crippen LogP contribution in [0.3, 0.4) is 0 Å². The van der Waals surface area contributed by atoms with Gasteiger partial charge in [0.05, 0.1) is 11.4 Å². The molecule has 4 aromatic carbocycles. The van der Waals surface area contributed by atoms with E-state index >= 15 is 0 Å². The van der Waals surface area contributed by atoms with Crippen molar-refractivity contribution in [1.29, 1.82) is 0 Å². The van der Waals surface area contributed by atoms with Gasteiger partial charge in [0.2, 0.25) is 5.91 Å². The van der Waals surface area contributed by atoms with Crippen molar-refractivity contribution in [1.82, 2.24) is 4.90 Å². The molecule has 0 atom stereocenters. The Balaban J connectivity index is 1.12. The van der Waals surface area contributed by atoms with Gasteiger partial charge in [-0.15, -0.1) is 0 Å². The van der Waals surface area contributed by atoms with Gasteiger partial charge in [-0.1, -0.05) is 72.4 Å². The molecule has 2 aliphatic rings. The lowest BCUT2D eigenvalue weighted by Crippen LogP contribution is -2.49. The Hall–Kier alpha value is -5.15. The molecule has 2 heterocycles. The van der Waals surface area contributed by atoms with Crippen molar-refractivity contribution in [3.05, 3.63) is 132 Å². The van der Waals surface area contributed by atoms with E-state index in [1.165, 1.54) is 11.8 Å². The van der Waals surface area contributed by atoms with E-state index < -0.39 is 0 Å². The zero-order valence-electron chi connectivity index (χ0n) is 25.5. The monoisotopic (exact) mass is 630 g/mol. The molecule has 4 aromatic rings. The van der Waals surface area contributed by atoms with Crippen LogP contribution in [0.2, 0.25) is 0 Å². The molecule has 1 fully saturated rings. The fourth-order valence-corrected chi connectivity index (χ4v) is 6.24.